The number of benzene rings is 1. The summed E-state index contributed by atoms with van der Waals surface area (Å²) in [6.07, 6.45) is 0. The minimum atomic E-state index is -0.463. The molecule has 0 aromatic heterocycles. The van der Waals surface area contributed by atoms with Gasteiger partial charge in [0.1, 0.15) is 0 Å². The number of β-amino-alcohol motifs (C(OH)–C–C–N with tert-alkyl or cyclic N) is 1. The Bertz CT molecular complexity index is 427. The summed E-state index contributed by atoms with van der Waals surface area (Å²) in [5, 5.41) is 8.95. The molecule has 0 fully saturated rings. The summed E-state index contributed by atoms with van der Waals surface area (Å²) in [4.78, 5) is 13.7. The lowest BCUT2D eigenvalue weighted by molar-refractivity contribution is 0.100. The molecule has 1 atom stereocenters. The SMILES string of the molecule is NC(=O)c1ccc2c(c1)N(CCO)C(Cl)S2. The molecule has 0 bridgehead atoms. The summed E-state index contributed by atoms with van der Waals surface area (Å²) >= 11 is 7.60. The summed E-state index contributed by atoms with van der Waals surface area (Å²) in [6, 6.07) is 5.22. The largest absolute Gasteiger partial charge is 0.395 e. The van der Waals surface area contributed by atoms with Crippen LogP contribution in [0.4, 0.5) is 5.69 Å². The molecule has 1 unspecified atom stereocenters. The number of nitrogens with two attached hydrogens (primary N) is 1. The molecule has 0 saturated heterocycles. The molecule has 4 nitrogen and oxygen atoms in total. The summed E-state index contributed by atoms with van der Waals surface area (Å²) in [7, 11) is 0. The van der Waals surface area contributed by atoms with Crippen molar-refractivity contribution < 1.29 is 9.90 Å². The molecule has 0 aliphatic carbocycles. The molecule has 0 saturated carbocycles. The Kier molecular flexibility index (Phi) is 3.28. The standard InChI is InChI=1S/C10H11ClN2O2S/c11-10-13(3-4-14)7-5-6(9(12)15)1-2-8(7)16-10/h1-2,5,10,14H,3-4H2,(H2,12,15). The van der Waals surface area contributed by atoms with Gasteiger partial charge in [-0.25, -0.2) is 0 Å². The number of fused-ring (bicyclic) bond motifs is 1. The fraction of sp³-hybridized carbons (Fsp3) is 0.300. The highest BCUT2D eigenvalue weighted by Crippen LogP contribution is 2.45. The number of hydrogen-bond acceptors (Lipinski definition) is 4. The van der Waals surface area contributed by atoms with Gasteiger partial charge in [0.15, 0.2) is 4.83 Å². The zero-order chi connectivity index (χ0) is 11.7. The molecule has 1 heterocycles. The maximum atomic E-state index is 11.1. The van der Waals surface area contributed by atoms with Gasteiger partial charge in [0, 0.05) is 17.0 Å². The maximum Gasteiger partial charge on any atom is 0.248 e. The molecule has 1 aromatic rings. The number of amides is 1. The van der Waals surface area contributed by atoms with Gasteiger partial charge >= 0.3 is 0 Å². The Morgan fingerprint density at radius 3 is 3.00 bits per heavy atom. The predicted molar refractivity (Wildman–Crippen MR) is 64.9 cm³/mol. The van der Waals surface area contributed by atoms with Crippen LogP contribution < -0.4 is 10.6 Å². The van der Waals surface area contributed by atoms with Crippen molar-refractivity contribution in [2.75, 3.05) is 18.1 Å². The van der Waals surface area contributed by atoms with E-state index in [1.807, 2.05) is 11.0 Å². The lowest BCUT2D eigenvalue weighted by Crippen LogP contribution is -2.28. The van der Waals surface area contributed by atoms with Crippen molar-refractivity contribution in [3.8, 4) is 0 Å². The third-order valence-corrected chi connectivity index (χ3v) is 3.91. The average molecular weight is 259 g/mol. The molecule has 1 aliphatic rings. The van der Waals surface area contributed by atoms with Crippen LogP contribution in [0.2, 0.25) is 0 Å². The average Bonchev–Trinajstić information content (AvgIpc) is 2.55. The van der Waals surface area contributed by atoms with Gasteiger partial charge in [0.25, 0.3) is 0 Å². The smallest absolute Gasteiger partial charge is 0.248 e. The fourth-order valence-corrected chi connectivity index (χ4v) is 3.09. The molecule has 2 rings (SSSR count). The van der Waals surface area contributed by atoms with E-state index in [0.717, 1.165) is 10.6 Å². The second kappa shape index (κ2) is 4.53. The van der Waals surface area contributed by atoms with E-state index in [1.165, 1.54) is 11.8 Å². The van der Waals surface area contributed by atoms with Gasteiger partial charge in [-0.2, -0.15) is 0 Å². The number of carbonyl (C=O) groups is 1. The normalized spacial score (nSPS) is 18.6. The van der Waals surface area contributed by atoms with E-state index in [-0.39, 0.29) is 11.4 Å². The Hall–Kier alpha value is -0.910. The highest BCUT2D eigenvalue weighted by molar-refractivity contribution is 8.01. The van der Waals surface area contributed by atoms with Crippen LogP contribution in [-0.4, -0.2) is 29.0 Å². The quantitative estimate of drug-likeness (QED) is 0.632. The molecule has 6 heteroatoms. The van der Waals surface area contributed by atoms with Gasteiger partial charge in [-0.3, -0.25) is 4.79 Å². The van der Waals surface area contributed by atoms with E-state index < -0.39 is 5.91 Å². The van der Waals surface area contributed by atoms with E-state index in [2.05, 4.69) is 0 Å². The number of primary amides is 1. The van der Waals surface area contributed by atoms with Crippen LogP contribution in [-0.2, 0) is 0 Å². The predicted octanol–water partition coefficient (Wildman–Crippen LogP) is 1.21. The molecule has 1 aromatic carbocycles. The van der Waals surface area contributed by atoms with Crippen molar-refractivity contribution in [2.24, 2.45) is 5.73 Å². The van der Waals surface area contributed by atoms with Crippen molar-refractivity contribution in [1.82, 2.24) is 0 Å². The number of thioether (sulfide) groups is 1. The number of rotatable bonds is 3. The van der Waals surface area contributed by atoms with Crippen LogP contribution in [0.15, 0.2) is 23.1 Å². The van der Waals surface area contributed by atoms with Crippen LogP contribution in [0.5, 0.6) is 0 Å². The minimum Gasteiger partial charge on any atom is -0.395 e. The first-order chi connectivity index (χ1) is 7.63. The van der Waals surface area contributed by atoms with E-state index in [0.29, 0.717) is 12.1 Å². The second-order valence-corrected chi connectivity index (χ2v) is 5.17. The summed E-state index contributed by atoms with van der Waals surface area (Å²) in [5.74, 6) is -0.463. The molecule has 0 spiro atoms. The van der Waals surface area contributed by atoms with Gasteiger partial charge in [-0.05, 0) is 18.2 Å². The maximum absolute atomic E-state index is 11.1. The van der Waals surface area contributed by atoms with Crippen LogP contribution in [0.25, 0.3) is 0 Å². The van der Waals surface area contributed by atoms with Crippen LogP contribution >= 0.6 is 23.4 Å². The molecular weight excluding hydrogens is 248 g/mol. The van der Waals surface area contributed by atoms with E-state index in [9.17, 15) is 4.79 Å². The van der Waals surface area contributed by atoms with E-state index in [1.54, 1.807) is 12.1 Å². The van der Waals surface area contributed by atoms with Crippen molar-refractivity contribution in [3.05, 3.63) is 23.8 Å². The highest BCUT2D eigenvalue weighted by atomic mass is 35.5. The van der Waals surface area contributed by atoms with Crippen molar-refractivity contribution in [1.29, 1.82) is 0 Å². The van der Waals surface area contributed by atoms with Gasteiger partial charge in [0.05, 0.1) is 12.3 Å². The second-order valence-electron chi connectivity index (χ2n) is 3.37. The van der Waals surface area contributed by atoms with Crippen molar-refractivity contribution in [3.63, 3.8) is 0 Å². The topological polar surface area (TPSA) is 66.6 Å². The number of nitrogens with zero attached hydrogens (tertiary/aromatic N) is 1. The van der Waals surface area contributed by atoms with Crippen molar-refractivity contribution in [2.45, 2.75) is 9.73 Å². The molecule has 3 N–H and O–H groups in total. The number of aliphatic hydroxyl groups excluding tert-OH is 1. The fourth-order valence-electron chi connectivity index (χ4n) is 1.60. The van der Waals surface area contributed by atoms with Crippen LogP contribution in [0.1, 0.15) is 10.4 Å². The van der Waals surface area contributed by atoms with E-state index in [4.69, 9.17) is 22.4 Å². The zero-order valence-corrected chi connectivity index (χ0v) is 9.96. The van der Waals surface area contributed by atoms with Gasteiger partial charge in [-0.15, -0.1) is 0 Å². The monoisotopic (exact) mass is 258 g/mol. The lowest BCUT2D eigenvalue weighted by atomic mass is 10.2. The number of alkyl halides is 1. The first-order valence-corrected chi connectivity index (χ1v) is 6.07. The third kappa shape index (κ3) is 1.98. The zero-order valence-electron chi connectivity index (χ0n) is 8.39. The van der Waals surface area contributed by atoms with E-state index >= 15 is 0 Å². The molecule has 0 radical (unpaired) electrons. The molecule has 1 aliphatic heterocycles. The Morgan fingerprint density at radius 1 is 1.62 bits per heavy atom. The van der Waals surface area contributed by atoms with Crippen molar-refractivity contribution >= 4 is 35.0 Å². The highest BCUT2D eigenvalue weighted by Gasteiger charge is 2.28. The molecular formula is C10H11ClN2O2S. The summed E-state index contributed by atoms with van der Waals surface area (Å²) in [6.45, 7) is 0.459. The Labute approximate surface area is 102 Å². The molecule has 16 heavy (non-hydrogen) atoms. The van der Waals surface area contributed by atoms with Gasteiger partial charge < -0.3 is 15.7 Å². The number of carbonyl (C=O) groups excluding carboxylic acids is 1. The van der Waals surface area contributed by atoms with Crippen LogP contribution in [0, 0.1) is 0 Å². The van der Waals surface area contributed by atoms with Crippen LogP contribution in [0.3, 0.4) is 0 Å². The summed E-state index contributed by atoms with van der Waals surface area (Å²) < 4.78 is 0. The van der Waals surface area contributed by atoms with Gasteiger partial charge in [-0.1, -0.05) is 23.4 Å². The number of halogens is 1. The molecule has 86 valence electrons. The minimum absolute atomic E-state index is 0.0179. The third-order valence-electron chi connectivity index (χ3n) is 2.36. The Balaban J connectivity index is 2.38. The number of hydrogen-bond donors (Lipinski definition) is 2. The van der Waals surface area contributed by atoms with Gasteiger partial charge in [0.2, 0.25) is 5.91 Å². The first-order valence-electron chi connectivity index (χ1n) is 4.75. The molecule has 1 amide bonds. The number of anilines is 1. The first kappa shape index (κ1) is 11.6. The Morgan fingerprint density at radius 2 is 2.38 bits per heavy atom. The summed E-state index contributed by atoms with van der Waals surface area (Å²) in [5.41, 5.74) is 6.52. The number of aliphatic hydroxyl groups is 1. The lowest BCUT2D eigenvalue weighted by Gasteiger charge is -2.21.